The number of benzene rings is 1. The molecule has 1 N–H and O–H groups in total. The first-order valence-corrected chi connectivity index (χ1v) is 6.14. The normalized spacial score (nSPS) is 12.3. The summed E-state index contributed by atoms with van der Waals surface area (Å²) in [6.45, 7) is 0. The van der Waals surface area contributed by atoms with Gasteiger partial charge in [0.05, 0.1) is 11.0 Å². The number of nitrogens with zero attached hydrogens (tertiary/aromatic N) is 1. The van der Waals surface area contributed by atoms with E-state index in [-0.39, 0.29) is 16.7 Å². The van der Waals surface area contributed by atoms with E-state index >= 15 is 0 Å². The van der Waals surface area contributed by atoms with Gasteiger partial charge in [-0.3, -0.25) is 10.1 Å². The quantitative estimate of drug-likeness (QED) is 0.674. The third-order valence-corrected chi connectivity index (χ3v) is 3.10. The Labute approximate surface area is 115 Å². The summed E-state index contributed by atoms with van der Waals surface area (Å²) in [5.41, 5.74) is 0.764. The maximum atomic E-state index is 11.0. The van der Waals surface area contributed by atoms with Crippen LogP contribution in [0.4, 0.5) is 5.69 Å². The van der Waals surface area contributed by atoms with E-state index in [4.69, 9.17) is 16.0 Å². The van der Waals surface area contributed by atoms with Crippen molar-refractivity contribution in [1.29, 1.82) is 0 Å². The Balaban J connectivity index is 2.26. The fourth-order valence-electron chi connectivity index (χ4n) is 1.94. The molecule has 0 spiro atoms. The van der Waals surface area contributed by atoms with Crippen LogP contribution in [-0.2, 0) is 6.42 Å². The van der Waals surface area contributed by atoms with Crippen molar-refractivity contribution in [2.45, 2.75) is 12.5 Å². The lowest BCUT2D eigenvalue weighted by Crippen LogP contribution is -2.18. The Morgan fingerprint density at radius 3 is 2.68 bits per heavy atom. The molecule has 2 rings (SSSR count). The second-order valence-corrected chi connectivity index (χ2v) is 4.45. The molecule has 6 heteroatoms. The Kier molecular flexibility index (Phi) is 4.19. The SMILES string of the molecule is CNC(Cc1ccccc1[N+](=O)[O-])c1ccc(Cl)o1. The van der Waals surface area contributed by atoms with E-state index in [0.717, 1.165) is 0 Å². The molecule has 1 unspecified atom stereocenters. The molecule has 5 nitrogen and oxygen atoms in total. The Morgan fingerprint density at radius 1 is 1.37 bits per heavy atom. The van der Waals surface area contributed by atoms with Crippen LogP contribution in [-0.4, -0.2) is 12.0 Å². The van der Waals surface area contributed by atoms with Gasteiger partial charge in [0.15, 0.2) is 5.22 Å². The highest BCUT2D eigenvalue weighted by Gasteiger charge is 2.19. The minimum atomic E-state index is -0.378. The number of halogens is 1. The van der Waals surface area contributed by atoms with Crippen LogP contribution in [0.15, 0.2) is 40.8 Å². The molecule has 2 aromatic rings. The zero-order chi connectivity index (χ0) is 13.8. The first kappa shape index (κ1) is 13.6. The van der Waals surface area contributed by atoms with E-state index in [9.17, 15) is 10.1 Å². The number of hydrogen-bond acceptors (Lipinski definition) is 4. The molecule has 0 amide bonds. The van der Waals surface area contributed by atoms with Crippen molar-refractivity contribution in [3.63, 3.8) is 0 Å². The van der Waals surface area contributed by atoms with Gasteiger partial charge in [-0.1, -0.05) is 18.2 Å². The maximum absolute atomic E-state index is 11.0. The number of rotatable bonds is 5. The summed E-state index contributed by atoms with van der Waals surface area (Å²) in [5.74, 6) is 0.658. The average Bonchev–Trinajstić information content (AvgIpc) is 2.82. The molecule has 0 radical (unpaired) electrons. The average molecular weight is 281 g/mol. The molecule has 0 aliphatic rings. The zero-order valence-corrected chi connectivity index (χ0v) is 11.1. The van der Waals surface area contributed by atoms with E-state index in [1.54, 1.807) is 37.4 Å². The smallest absolute Gasteiger partial charge is 0.272 e. The van der Waals surface area contributed by atoms with Gasteiger partial charge in [-0.25, -0.2) is 0 Å². The number of hydrogen-bond donors (Lipinski definition) is 1. The van der Waals surface area contributed by atoms with Crippen LogP contribution in [0.2, 0.25) is 5.22 Å². The molecule has 0 fully saturated rings. The van der Waals surface area contributed by atoms with Crippen molar-refractivity contribution in [3.8, 4) is 0 Å². The first-order chi connectivity index (χ1) is 9.11. The largest absolute Gasteiger partial charge is 0.448 e. The Hall–Kier alpha value is -1.85. The van der Waals surface area contributed by atoms with Crippen molar-refractivity contribution in [1.82, 2.24) is 5.32 Å². The van der Waals surface area contributed by atoms with Gasteiger partial charge in [-0.2, -0.15) is 0 Å². The molecule has 1 heterocycles. The van der Waals surface area contributed by atoms with Gasteiger partial charge in [0.2, 0.25) is 0 Å². The van der Waals surface area contributed by atoms with Gasteiger partial charge < -0.3 is 9.73 Å². The summed E-state index contributed by atoms with van der Waals surface area (Å²) in [6.07, 6.45) is 0.456. The standard InChI is InChI=1S/C13H13ClN2O3/c1-15-10(12-6-7-13(14)19-12)8-9-4-2-3-5-11(9)16(17)18/h2-7,10,15H,8H2,1H3. The highest BCUT2D eigenvalue weighted by Crippen LogP contribution is 2.26. The Bertz CT molecular complexity index is 583. The molecule has 0 aliphatic carbocycles. The van der Waals surface area contributed by atoms with E-state index < -0.39 is 0 Å². The summed E-state index contributed by atoms with van der Waals surface area (Å²) in [5, 5.41) is 14.3. The van der Waals surface area contributed by atoms with E-state index in [0.29, 0.717) is 23.0 Å². The maximum Gasteiger partial charge on any atom is 0.272 e. The predicted octanol–water partition coefficient (Wildman–Crippen LogP) is 3.34. The second-order valence-electron chi connectivity index (χ2n) is 4.07. The first-order valence-electron chi connectivity index (χ1n) is 5.76. The molecule has 0 saturated carbocycles. The lowest BCUT2D eigenvalue weighted by Gasteiger charge is -2.13. The summed E-state index contributed by atoms with van der Waals surface area (Å²) >= 11 is 5.74. The number of nitro groups is 1. The van der Waals surface area contributed by atoms with Crippen molar-refractivity contribution in [2.24, 2.45) is 0 Å². The number of para-hydroxylation sites is 1. The summed E-state index contributed by atoms with van der Waals surface area (Å²) in [7, 11) is 1.77. The minimum absolute atomic E-state index is 0.111. The van der Waals surface area contributed by atoms with E-state index in [1.165, 1.54) is 6.07 Å². The highest BCUT2D eigenvalue weighted by atomic mass is 35.5. The molecule has 0 saturated heterocycles. The molecule has 1 atom stereocenters. The van der Waals surface area contributed by atoms with Gasteiger partial charge in [0.1, 0.15) is 5.76 Å². The van der Waals surface area contributed by atoms with Gasteiger partial charge in [-0.05, 0) is 30.8 Å². The predicted molar refractivity (Wildman–Crippen MR) is 72.3 cm³/mol. The van der Waals surface area contributed by atoms with Crippen LogP contribution in [0.3, 0.4) is 0 Å². The molecule has 0 bridgehead atoms. The third-order valence-electron chi connectivity index (χ3n) is 2.90. The molecule has 1 aromatic heterocycles. The van der Waals surface area contributed by atoms with Crippen molar-refractivity contribution < 1.29 is 9.34 Å². The molecule has 0 aliphatic heterocycles. The third kappa shape index (κ3) is 3.13. The van der Waals surface area contributed by atoms with Crippen LogP contribution < -0.4 is 5.32 Å². The van der Waals surface area contributed by atoms with Crippen LogP contribution >= 0.6 is 11.6 Å². The van der Waals surface area contributed by atoms with E-state index in [2.05, 4.69) is 5.32 Å². The molecule has 1 aromatic carbocycles. The number of furan rings is 1. The van der Waals surface area contributed by atoms with Crippen LogP contribution in [0, 0.1) is 10.1 Å². The fraction of sp³-hybridized carbons (Fsp3) is 0.231. The number of nitrogens with one attached hydrogen (secondary N) is 1. The zero-order valence-electron chi connectivity index (χ0n) is 10.3. The van der Waals surface area contributed by atoms with Crippen molar-refractivity contribution >= 4 is 17.3 Å². The monoisotopic (exact) mass is 280 g/mol. The molecular formula is C13H13ClN2O3. The topological polar surface area (TPSA) is 68.3 Å². The molecule has 100 valence electrons. The summed E-state index contributed by atoms with van der Waals surface area (Å²) in [4.78, 5) is 10.6. The molecular weight excluding hydrogens is 268 g/mol. The number of likely N-dealkylation sites (N-methyl/N-ethyl adjacent to an activating group) is 1. The van der Waals surface area contributed by atoms with Gasteiger partial charge in [0.25, 0.3) is 5.69 Å². The second kappa shape index (κ2) is 5.86. The van der Waals surface area contributed by atoms with Crippen LogP contribution in [0.1, 0.15) is 17.4 Å². The summed E-state index contributed by atoms with van der Waals surface area (Å²) in [6, 6.07) is 9.93. The van der Waals surface area contributed by atoms with Crippen LogP contribution in [0.25, 0.3) is 0 Å². The van der Waals surface area contributed by atoms with Crippen LogP contribution in [0.5, 0.6) is 0 Å². The van der Waals surface area contributed by atoms with Crippen molar-refractivity contribution in [2.75, 3.05) is 7.05 Å². The van der Waals surface area contributed by atoms with Gasteiger partial charge >= 0.3 is 0 Å². The lowest BCUT2D eigenvalue weighted by molar-refractivity contribution is -0.385. The Morgan fingerprint density at radius 2 is 2.11 bits per heavy atom. The number of nitro benzene ring substituents is 1. The fourth-order valence-corrected chi connectivity index (χ4v) is 2.09. The van der Waals surface area contributed by atoms with E-state index in [1.807, 2.05) is 0 Å². The molecule has 19 heavy (non-hydrogen) atoms. The highest BCUT2D eigenvalue weighted by molar-refractivity contribution is 6.28. The summed E-state index contributed by atoms with van der Waals surface area (Å²) < 4.78 is 5.34. The minimum Gasteiger partial charge on any atom is -0.448 e. The lowest BCUT2D eigenvalue weighted by atomic mass is 10.0. The van der Waals surface area contributed by atoms with Gasteiger partial charge in [-0.15, -0.1) is 0 Å². The van der Waals surface area contributed by atoms with Gasteiger partial charge in [0, 0.05) is 18.1 Å². The van der Waals surface area contributed by atoms with Crippen molar-refractivity contribution in [3.05, 3.63) is 63.1 Å².